The molecule has 3 aromatic rings. The summed E-state index contributed by atoms with van der Waals surface area (Å²) in [5, 5.41) is 0. The van der Waals surface area contributed by atoms with Crippen LogP contribution in [0, 0.1) is 0 Å². The van der Waals surface area contributed by atoms with Crippen molar-refractivity contribution in [2.45, 2.75) is 20.3 Å². The Labute approximate surface area is 179 Å². The first kappa shape index (κ1) is 21.2. The van der Waals surface area contributed by atoms with E-state index in [2.05, 4.69) is 47.8 Å². The van der Waals surface area contributed by atoms with Crippen LogP contribution in [0.2, 0.25) is 0 Å². The minimum absolute atomic E-state index is 0.159. The van der Waals surface area contributed by atoms with Crippen LogP contribution in [0.3, 0.4) is 0 Å². The van der Waals surface area contributed by atoms with E-state index >= 15 is 0 Å². The topological polar surface area (TPSA) is 44.4 Å². The Morgan fingerprint density at radius 1 is 0.800 bits per heavy atom. The quantitative estimate of drug-likeness (QED) is 0.495. The van der Waals surface area contributed by atoms with Crippen molar-refractivity contribution >= 4 is 17.7 Å². The third kappa shape index (κ3) is 5.98. The first-order valence-corrected chi connectivity index (χ1v) is 10.4. The van der Waals surface area contributed by atoms with Gasteiger partial charge in [-0.25, -0.2) is 0 Å². The average Bonchev–Trinajstić information content (AvgIpc) is 2.80. The Kier molecular flexibility index (Phi) is 7.67. The molecule has 0 saturated carbocycles. The van der Waals surface area contributed by atoms with Gasteiger partial charge in [0.15, 0.2) is 0 Å². The van der Waals surface area contributed by atoms with Gasteiger partial charge in [0.25, 0.3) is 5.91 Å². The van der Waals surface area contributed by atoms with Crippen LogP contribution in [-0.2, 0) is 6.42 Å². The van der Waals surface area contributed by atoms with Crippen molar-refractivity contribution in [2.75, 3.05) is 18.0 Å². The molecule has 0 aliphatic rings. The summed E-state index contributed by atoms with van der Waals surface area (Å²) in [5.74, 6) is -0.159. The fraction of sp³-hybridized carbons (Fsp3) is 0.192. The normalized spacial score (nSPS) is 11.1. The maximum absolute atomic E-state index is 12.7. The molecule has 0 aliphatic carbocycles. The second-order valence-electron chi connectivity index (χ2n) is 7.04. The highest BCUT2D eigenvalue weighted by atomic mass is 16.2. The van der Waals surface area contributed by atoms with Gasteiger partial charge >= 0.3 is 0 Å². The first-order valence-electron chi connectivity index (χ1n) is 10.4. The molecule has 3 aromatic carbocycles. The summed E-state index contributed by atoms with van der Waals surface area (Å²) in [6.07, 6.45) is 2.74. The lowest BCUT2D eigenvalue weighted by molar-refractivity contribution is 0.0938. The molecule has 0 aliphatic heterocycles. The number of rotatable bonds is 9. The highest BCUT2D eigenvalue weighted by molar-refractivity contribution is 5.94. The van der Waals surface area contributed by atoms with Gasteiger partial charge in [0.1, 0.15) is 0 Å². The molecule has 154 valence electrons. The van der Waals surface area contributed by atoms with Gasteiger partial charge in [0.05, 0.1) is 0 Å². The Morgan fingerprint density at radius 2 is 1.40 bits per heavy atom. The van der Waals surface area contributed by atoms with Crippen molar-refractivity contribution in [3.63, 3.8) is 0 Å². The highest BCUT2D eigenvalue weighted by Gasteiger charge is 2.08. The smallest absolute Gasteiger partial charge is 0.269 e. The van der Waals surface area contributed by atoms with Crippen LogP contribution in [0.5, 0.6) is 0 Å². The second-order valence-corrected chi connectivity index (χ2v) is 7.04. The number of nitrogens with one attached hydrogen (secondary N) is 2. The van der Waals surface area contributed by atoms with Crippen LogP contribution in [0.25, 0.3) is 6.08 Å². The molecular weight excluding hydrogens is 370 g/mol. The second kappa shape index (κ2) is 10.9. The number of hydrogen-bond acceptors (Lipinski definition) is 3. The number of nitrogens with zero attached hydrogens (tertiary/aromatic N) is 1. The summed E-state index contributed by atoms with van der Waals surface area (Å²) in [7, 11) is 0. The summed E-state index contributed by atoms with van der Waals surface area (Å²) in [5.41, 5.74) is 10.9. The van der Waals surface area contributed by atoms with E-state index in [4.69, 9.17) is 0 Å². The first-order chi connectivity index (χ1) is 14.7. The fourth-order valence-corrected chi connectivity index (χ4v) is 3.32. The summed E-state index contributed by atoms with van der Waals surface area (Å²) in [4.78, 5) is 14.9. The maximum atomic E-state index is 12.7. The fourth-order valence-electron chi connectivity index (χ4n) is 3.32. The standard InChI is InChI=1S/C26H29N3O/c1-3-29(4-2)25-17-15-23(16-18-25)26(30)28-27-24(19-21-11-7-5-8-12-21)20-22-13-9-6-10-14-22/h5-19,27H,3-4,20H2,1-2H3,(H,28,30)/b24-19+. The zero-order valence-corrected chi connectivity index (χ0v) is 17.6. The van der Waals surface area contributed by atoms with Crippen LogP contribution in [0.15, 0.2) is 90.6 Å². The Hall–Kier alpha value is -3.53. The molecule has 2 N–H and O–H groups in total. The van der Waals surface area contributed by atoms with Crippen molar-refractivity contribution in [3.05, 3.63) is 107 Å². The number of amides is 1. The van der Waals surface area contributed by atoms with Gasteiger partial charge in [-0.15, -0.1) is 0 Å². The van der Waals surface area contributed by atoms with Crippen LogP contribution < -0.4 is 15.8 Å². The van der Waals surface area contributed by atoms with Crippen molar-refractivity contribution in [2.24, 2.45) is 0 Å². The van der Waals surface area contributed by atoms with Gasteiger partial charge in [-0.3, -0.25) is 10.2 Å². The Morgan fingerprint density at radius 3 is 2.00 bits per heavy atom. The molecule has 0 heterocycles. The van der Waals surface area contributed by atoms with Crippen molar-refractivity contribution in [1.29, 1.82) is 0 Å². The van der Waals surface area contributed by atoms with E-state index in [1.807, 2.05) is 72.8 Å². The summed E-state index contributed by atoms with van der Waals surface area (Å²) in [6.45, 7) is 6.14. The molecule has 0 atom stereocenters. The number of allylic oxidation sites excluding steroid dienone is 1. The zero-order valence-electron chi connectivity index (χ0n) is 17.6. The van der Waals surface area contributed by atoms with Crippen molar-refractivity contribution in [1.82, 2.24) is 10.9 Å². The molecule has 4 heteroatoms. The van der Waals surface area contributed by atoms with Gasteiger partial charge in [-0.05, 0) is 55.3 Å². The number of hydrazine groups is 1. The zero-order chi connectivity index (χ0) is 21.2. The maximum Gasteiger partial charge on any atom is 0.269 e. The van der Waals surface area contributed by atoms with Gasteiger partial charge in [0, 0.05) is 36.5 Å². The lowest BCUT2D eigenvalue weighted by Gasteiger charge is -2.21. The summed E-state index contributed by atoms with van der Waals surface area (Å²) < 4.78 is 0. The van der Waals surface area contributed by atoms with E-state index in [0.717, 1.165) is 30.0 Å². The number of carbonyl (C=O) groups is 1. The number of benzene rings is 3. The van der Waals surface area contributed by atoms with E-state index in [0.29, 0.717) is 12.0 Å². The third-order valence-electron chi connectivity index (χ3n) is 4.97. The molecule has 30 heavy (non-hydrogen) atoms. The molecular formula is C26H29N3O. The van der Waals surface area contributed by atoms with E-state index in [9.17, 15) is 4.79 Å². The van der Waals surface area contributed by atoms with Gasteiger partial charge in [-0.1, -0.05) is 60.7 Å². The molecule has 1 amide bonds. The van der Waals surface area contributed by atoms with E-state index in [1.165, 1.54) is 5.56 Å². The van der Waals surface area contributed by atoms with Crippen LogP contribution in [0.1, 0.15) is 35.3 Å². The SMILES string of the molecule is CCN(CC)c1ccc(C(=O)NN/C(=C/c2ccccc2)Cc2ccccc2)cc1. The number of hydrogen-bond donors (Lipinski definition) is 2. The molecule has 0 spiro atoms. The van der Waals surface area contributed by atoms with Crippen molar-refractivity contribution < 1.29 is 4.79 Å². The third-order valence-corrected chi connectivity index (χ3v) is 4.97. The predicted octanol–water partition coefficient (Wildman–Crippen LogP) is 5.05. The van der Waals surface area contributed by atoms with Gasteiger partial charge in [-0.2, -0.15) is 0 Å². The lowest BCUT2D eigenvalue weighted by Crippen LogP contribution is -2.37. The van der Waals surface area contributed by atoms with Gasteiger partial charge in [0.2, 0.25) is 0 Å². The molecule has 0 saturated heterocycles. The molecule has 0 fully saturated rings. The van der Waals surface area contributed by atoms with Crippen LogP contribution >= 0.6 is 0 Å². The largest absolute Gasteiger partial charge is 0.372 e. The molecule has 0 radical (unpaired) electrons. The van der Waals surface area contributed by atoms with Gasteiger partial charge < -0.3 is 10.3 Å². The lowest BCUT2D eigenvalue weighted by atomic mass is 10.1. The van der Waals surface area contributed by atoms with E-state index in [1.54, 1.807) is 0 Å². The van der Waals surface area contributed by atoms with Crippen LogP contribution in [-0.4, -0.2) is 19.0 Å². The molecule has 0 bridgehead atoms. The molecule has 0 unspecified atom stereocenters. The summed E-state index contributed by atoms with van der Waals surface area (Å²) in [6, 6.07) is 28.0. The average molecular weight is 400 g/mol. The Balaban J connectivity index is 1.70. The van der Waals surface area contributed by atoms with Crippen LogP contribution in [0.4, 0.5) is 5.69 Å². The van der Waals surface area contributed by atoms with E-state index in [-0.39, 0.29) is 5.91 Å². The predicted molar refractivity (Wildman–Crippen MR) is 125 cm³/mol. The number of anilines is 1. The minimum Gasteiger partial charge on any atom is -0.372 e. The number of carbonyl (C=O) groups excluding carboxylic acids is 1. The van der Waals surface area contributed by atoms with E-state index < -0.39 is 0 Å². The monoisotopic (exact) mass is 399 g/mol. The summed E-state index contributed by atoms with van der Waals surface area (Å²) >= 11 is 0. The molecule has 3 rings (SSSR count). The molecule has 0 aromatic heterocycles. The highest BCUT2D eigenvalue weighted by Crippen LogP contribution is 2.15. The van der Waals surface area contributed by atoms with Crippen molar-refractivity contribution in [3.8, 4) is 0 Å². The minimum atomic E-state index is -0.159. The Bertz CT molecular complexity index is 947. The molecule has 4 nitrogen and oxygen atoms in total.